The average molecular weight is 160 g/mol. The van der Waals surface area contributed by atoms with Crippen LogP contribution in [0.5, 0.6) is 0 Å². The lowest BCUT2D eigenvalue weighted by Gasteiger charge is -2.24. The summed E-state index contributed by atoms with van der Waals surface area (Å²) in [6.07, 6.45) is 13.5. The molecule has 1 atom stereocenters. The molecule has 1 radical (unpaired) electrons. The standard InChI is InChI=1S/C9H10N3/c1-9(5-3-2-4-6-9)12-10-7-8-11-12/h2-8H,1H3. The second kappa shape index (κ2) is 2.59. The largest absolute Gasteiger partial charge is 0.174 e. The lowest BCUT2D eigenvalue weighted by molar-refractivity contribution is 0.380. The number of hydrogen-bond acceptors (Lipinski definition) is 2. The molecule has 3 heteroatoms. The number of allylic oxidation sites excluding steroid dienone is 4. The fourth-order valence-electron chi connectivity index (χ4n) is 1.22. The predicted octanol–water partition coefficient (Wildman–Crippen LogP) is 1.32. The zero-order valence-corrected chi connectivity index (χ0v) is 6.88. The van der Waals surface area contributed by atoms with Crippen LogP contribution in [0.4, 0.5) is 0 Å². The van der Waals surface area contributed by atoms with E-state index in [0.29, 0.717) is 0 Å². The summed E-state index contributed by atoms with van der Waals surface area (Å²) in [6.45, 7) is 2.06. The molecule has 0 aromatic carbocycles. The summed E-state index contributed by atoms with van der Waals surface area (Å²) in [5, 5.41) is 8.20. The van der Waals surface area contributed by atoms with Gasteiger partial charge in [-0.15, -0.1) is 0 Å². The molecular formula is C9H10N3. The second-order valence-corrected chi connectivity index (χ2v) is 2.96. The van der Waals surface area contributed by atoms with Gasteiger partial charge in [0.15, 0.2) is 0 Å². The van der Waals surface area contributed by atoms with E-state index in [9.17, 15) is 0 Å². The van der Waals surface area contributed by atoms with Gasteiger partial charge in [-0.1, -0.05) is 24.3 Å². The molecule has 12 heavy (non-hydrogen) atoms. The molecule has 1 aromatic rings. The minimum Gasteiger partial charge on any atom is -0.174 e. The van der Waals surface area contributed by atoms with Crippen LogP contribution in [-0.4, -0.2) is 15.0 Å². The maximum Gasteiger partial charge on any atom is 0.105 e. The Labute approximate surface area is 71.4 Å². The van der Waals surface area contributed by atoms with E-state index in [1.807, 2.05) is 18.2 Å². The molecule has 0 spiro atoms. The highest BCUT2D eigenvalue weighted by molar-refractivity contribution is 5.25. The monoisotopic (exact) mass is 160 g/mol. The molecule has 2 rings (SSSR count). The summed E-state index contributed by atoms with van der Waals surface area (Å²) in [7, 11) is 0. The van der Waals surface area contributed by atoms with Gasteiger partial charge in [-0.3, -0.25) is 0 Å². The Hall–Kier alpha value is -1.38. The van der Waals surface area contributed by atoms with E-state index in [-0.39, 0.29) is 5.54 Å². The van der Waals surface area contributed by atoms with Crippen LogP contribution in [0.3, 0.4) is 0 Å². The van der Waals surface area contributed by atoms with Crippen molar-refractivity contribution >= 4 is 0 Å². The van der Waals surface area contributed by atoms with Crippen LogP contribution in [-0.2, 0) is 5.54 Å². The summed E-state index contributed by atoms with van der Waals surface area (Å²) in [5.74, 6) is 0. The van der Waals surface area contributed by atoms with Crippen molar-refractivity contribution in [2.75, 3.05) is 0 Å². The Morgan fingerprint density at radius 3 is 2.42 bits per heavy atom. The molecule has 0 amide bonds. The Kier molecular flexibility index (Phi) is 1.57. The van der Waals surface area contributed by atoms with Crippen LogP contribution in [0, 0.1) is 6.42 Å². The summed E-state index contributed by atoms with van der Waals surface area (Å²) >= 11 is 0. The van der Waals surface area contributed by atoms with Crippen molar-refractivity contribution in [2.24, 2.45) is 0 Å². The maximum absolute atomic E-state index is 4.10. The van der Waals surface area contributed by atoms with E-state index in [4.69, 9.17) is 0 Å². The first kappa shape index (κ1) is 7.28. The Morgan fingerprint density at radius 1 is 1.08 bits per heavy atom. The first-order valence-corrected chi connectivity index (χ1v) is 3.88. The fraction of sp³-hybridized carbons (Fsp3) is 0.222. The summed E-state index contributed by atoms with van der Waals surface area (Å²) in [6, 6.07) is 0. The van der Waals surface area contributed by atoms with E-state index in [1.54, 1.807) is 17.2 Å². The molecule has 0 aliphatic heterocycles. The number of aromatic nitrogens is 3. The van der Waals surface area contributed by atoms with Crippen molar-refractivity contribution in [1.29, 1.82) is 0 Å². The average Bonchev–Trinajstić information content (AvgIpc) is 2.58. The van der Waals surface area contributed by atoms with Gasteiger partial charge in [0.05, 0.1) is 12.4 Å². The summed E-state index contributed by atoms with van der Waals surface area (Å²) < 4.78 is 0. The minimum absolute atomic E-state index is 0.196. The third kappa shape index (κ3) is 1.07. The highest BCUT2D eigenvalue weighted by Gasteiger charge is 2.24. The van der Waals surface area contributed by atoms with E-state index >= 15 is 0 Å². The van der Waals surface area contributed by atoms with Crippen LogP contribution in [0.1, 0.15) is 6.92 Å². The molecule has 0 saturated carbocycles. The van der Waals surface area contributed by atoms with Gasteiger partial charge in [0, 0.05) is 6.42 Å². The van der Waals surface area contributed by atoms with Crippen molar-refractivity contribution in [3.05, 3.63) is 43.1 Å². The van der Waals surface area contributed by atoms with E-state index in [0.717, 1.165) is 0 Å². The van der Waals surface area contributed by atoms with Crippen LogP contribution in [0.15, 0.2) is 36.7 Å². The lowest BCUT2D eigenvalue weighted by atomic mass is 9.94. The van der Waals surface area contributed by atoms with Crippen LogP contribution in [0.25, 0.3) is 0 Å². The second-order valence-electron chi connectivity index (χ2n) is 2.96. The first-order chi connectivity index (χ1) is 5.81. The molecule has 0 bridgehead atoms. The molecule has 0 N–H and O–H groups in total. The van der Waals surface area contributed by atoms with E-state index in [1.165, 1.54) is 0 Å². The SMILES string of the molecule is CC1(n2nccn2)[CH]C=CC=C1. The molecule has 1 aliphatic rings. The van der Waals surface area contributed by atoms with Gasteiger partial charge < -0.3 is 0 Å². The van der Waals surface area contributed by atoms with Gasteiger partial charge in [0.2, 0.25) is 0 Å². The third-order valence-electron chi connectivity index (χ3n) is 1.94. The Balaban J connectivity index is 2.34. The lowest BCUT2D eigenvalue weighted by Crippen LogP contribution is -2.30. The van der Waals surface area contributed by atoms with Gasteiger partial charge in [0.25, 0.3) is 0 Å². The van der Waals surface area contributed by atoms with Crippen LogP contribution >= 0.6 is 0 Å². The zero-order chi connectivity index (χ0) is 8.44. The molecule has 0 saturated heterocycles. The first-order valence-electron chi connectivity index (χ1n) is 3.88. The minimum atomic E-state index is -0.196. The molecule has 1 unspecified atom stereocenters. The van der Waals surface area contributed by atoms with Gasteiger partial charge >= 0.3 is 0 Å². The number of nitrogens with zero attached hydrogens (tertiary/aromatic N) is 3. The third-order valence-corrected chi connectivity index (χ3v) is 1.94. The Morgan fingerprint density at radius 2 is 1.83 bits per heavy atom. The highest BCUT2D eigenvalue weighted by Crippen LogP contribution is 2.22. The fourth-order valence-corrected chi connectivity index (χ4v) is 1.22. The van der Waals surface area contributed by atoms with Crippen LogP contribution in [0.2, 0.25) is 0 Å². The van der Waals surface area contributed by atoms with E-state index in [2.05, 4.69) is 29.6 Å². The predicted molar refractivity (Wildman–Crippen MR) is 46.3 cm³/mol. The molecule has 3 nitrogen and oxygen atoms in total. The number of hydrogen-bond donors (Lipinski definition) is 0. The molecule has 1 heterocycles. The van der Waals surface area contributed by atoms with Crippen molar-refractivity contribution in [3.8, 4) is 0 Å². The zero-order valence-electron chi connectivity index (χ0n) is 6.88. The molecule has 61 valence electrons. The smallest absolute Gasteiger partial charge is 0.105 e. The van der Waals surface area contributed by atoms with Crippen molar-refractivity contribution in [1.82, 2.24) is 15.0 Å². The van der Waals surface area contributed by atoms with E-state index < -0.39 is 0 Å². The number of rotatable bonds is 1. The van der Waals surface area contributed by atoms with Crippen molar-refractivity contribution < 1.29 is 0 Å². The van der Waals surface area contributed by atoms with Crippen molar-refractivity contribution in [2.45, 2.75) is 12.5 Å². The molecule has 1 aliphatic carbocycles. The van der Waals surface area contributed by atoms with Gasteiger partial charge in [-0.05, 0) is 6.92 Å². The van der Waals surface area contributed by atoms with Gasteiger partial charge in [-0.2, -0.15) is 15.0 Å². The van der Waals surface area contributed by atoms with Gasteiger partial charge in [-0.25, -0.2) is 0 Å². The molecular weight excluding hydrogens is 150 g/mol. The van der Waals surface area contributed by atoms with Gasteiger partial charge in [0.1, 0.15) is 5.54 Å². The summed E-state index contributed by atoms with van der Waals surface area (Å²) in [4.78, 5) is 1.69. The van der Waals surface area contributed by atoms with Crippen molar-refractivity contribution in [3.63, 3.8) is 0 Å². The quantitative estimate of drug-likeness (QED) is 0.620. The molecule has 0 fully saturated rings. The molecule has 1 aromatic heterocycles. The Bertz CT molecular complexity index is 311. The normalized spacial score (nSPS) is 27.8. The highest BCUT2D eigenvalue weighted by atomic mass is 15.5. The topological polar surface area (TPSA) is 30.7 Å². The van der Waals surface area contributed by atoms with Crippen LogP contribution < -0.4 is 0 Å². The summed E-state index contributed by atoms with van der Waals surface area (Å²) in [5.41, 5.74) is -0.196. The maximum atomic E-state index is 4.10.